The summed E-state index contributed by atoms with van der Waals surface area (Å²) < 4.78 is 0. The highest BCUT2D eigenvalue weighted by molar-refractivity contribution is 4.76. The third-order valence-electron chi connectivity index (χ3n) is 2.94. The molecular formula is C11H20N2. The van der Waals surface area contributed by atoms with E-state index in [1.54, 1.807) is 0 Å². The number of hydrogen-bond acceptors (Lipinski definition) is 1. The highest BCUT2D eigenvalue weighted by Crippen LogP contribution is 2.19. The molecule has 1 atom stereocenters. The molecule has 0 N–H and O–H groups in total. The SMILES string of the molecule is [C-]#[N+]CCCN1CCCCC1CC. The van der Waals surface area contributed by atoms with Crippen molar-refractivity contribution >= 4 is 0 Å². The Kier molecular flexibility index (Phi) is 4.85. The minimum atomic E-state index is 0.701. The van der Waals surface area contributed by atoms with Crippen LogP contribution in [0, 0.1) is 6.57 Å². The van der Waals surface area contributed by atoms with Gasteiger partial charge in [0.1, 0.15) is 0 Å². The van der Waals surface area contributed by atoms with Crippen molar-refractivity contribution in [2.45, 2.75) is 45.1 Å². The first kappa shape index (κ1) is 10.5. The molecule has 0 bridgehead atoms. The molecule has 0 aliphatic carbocycles. The third kappa shape index (κ3) is 3.36. The highest BCUT2D eigenvalue weighted by atomic mass is 15.2. The monoisotopic (exact) mass is 180 g/mol. The van der Waals surface area contributed by atoms with Gasteiger partial charge in [-0.25, -0.2) is 6.57 Å². The van der Waals surface area contributed by atoms with E-state index in [1.807, 2.05) is 0 Å². The topological polar surface area (TPSA) is 7.60 Å². The molecular weight excluding hydrogens is 160 g/mol. The van der Waals surface area contributed by atoms with E-state index in [-0.39, 0.29) is 0 Å². The van der Waals surface area contributed by atoms with Gasteiger partial charge in [-0.15, -0.1) is 0 Å². The lowest BCUT2D eigenvalue weighted by Gasteiger charge is -2.34. The van der Waals surface area contributed by atoms with Crippen LogP contribution in [0.15, 0.2) is 0 Å². The summed E-state index contributed by atoms with van der Waals surface area (Å²) in [6, 6.07) is 0.805. The smallest absolute Gasteiger partial charge is 0.215 e. The molecule has 0 aromatic carbocycles. The number of hydrogen-bond donors (Lipinski definition) is 0. The fourth-order valence-corrected chi connectivity index (χ4v) is 2.17. The lowest BCUT2D eigenvalue weighted by molar-refractivity contribution is 0.144. The van der Waals surface area contributed by atoms with Gasteiger partial charge in [-0.2, -0.15) is 0 Å². The normalized spacial score (nSPS) is 24.2. The van der Waals surface area contributed by atoms with E-state index in [0.717, 1.165) is 19.0 Å². The first-order valence-electron chi connectivity index (χ1n) is 5.45. The zero-order valence-corrected chi connectivity index (χ0v) is 8.63. The van der Waals surface area contributed by atoms with Gasteiger partial charge in [0, 0.05) is 19.0 Å². The molecule has 1 rings (SSSR count). The van der Waals surface area contributed by atoms with E-state index in [2.05, 4.69) is 16.7 Å². The second-order valence-electron chi connectivity index (χ2n) is 3.83. The van der Waals surface area contributed by atoms with Crippen LogP contribution in [-0.4, -0.2) is 30.6 Å². The summed E-state index contributed by atoms with van der Waals surface area (Å²) in [5.74, 6) is 0. The van der Waals surface area contributed by atoms with Crippen molar-refractivity contribution in [3.05, 3.63) is 11.4 Å². The Hall–Kier alpha value is -0.550. The van der Waals surface area contributed by atoms with E-state index in [9.17, 15) is 0 Å². The molecule has 0 spiro atoms. The first-order valence-corrected chi connectivity index (χ1v) is 5.45. The minimum absolute atomic E-state index is 0.701. The molecule has 0 saturated carbocycles. The maximum absolute atomic E-state index is 6.72. The van der Waals surface area contributed by atoms with Gasteiger partial charge in [0.2, 0.25) is 6.54 Å². The van der Waals surface area contributed by atoms with Crippen LogP contribution in [0.5, 0.6) is 0 Å². The van der Waals surface area contributed by atoms with Crippen molar-refractivity contribution in [3.8, 4) is 0 Å². The van der Waals surface area contributed by atoms with E-state index in [4.69, 9.17) is 6.57 Å². The number of nitrogens with zero attached hydrogens (tertiary/aromatic N) is 2. The molecule has 13 heavy (non-hydrogen) atoms. The molecule has 0 amide bonds. The molecule has 74 valence electrons. The number of likely N-dealkylation sites (tertiary alicyclic amines) is 1. The van der Waals surface area contributed by atoms with Crippen LogP contribution in [0.25, 0.3) is 4.85 Å². The summed E-state index contributed by atoms with van der Waals surface area (Å²) in [4.78, 5) is 5.97. The molecule has 2 nitrogen and oxygen atoms in total. The van der Waals surface area contributed by atoms with E-state index in [0.29, 0.717) is 6.54 Å². The molecule has 0 aromatic heterocycles. The molecule has 1 aliphatic rings. The second kappa shape index (κ2) is 5.99. The average Bonchev–Trinajstić information content (AvgIpc) is 2.19. The summed E-state index contributed by atoms with van der Waals surface area (Å²) in [5.41, 5.74) is 0. The molecule has 0 aromatic rings. The van der Waals surface area contributed by atoms with Gasteiger partial charge in [-0.1, -0.05) is 13.3 Å². The minimum Gasteiger partial charge on any atom is -0.317 e. The molecule has 1 aliphatic heterocycles. The fourth-order valence-electron chi connectivity index (χ4n) is 2.17. The van der Waals surface area contributed by atoms with Crippen molar-refractivity contribution in [1.82, 2.24) is 4.90 Å². The largest absolute Gasteiger partial charge is 0.317 e. The van der Waals surface area contributed by atoms with Crippen molar-refractivity contribution < 1.29 is 0 Å². The van der Waals surface area contributed by atoms with Gasteiger partial charge in [-0.3, -0.25) is 0 Å². The van der Waals surface area contributed by atoms with E-state index < -0.39 is 0 Å². The summed E-state index contributed by atoms with van der Waals surface area (Å²) in [6.45, 7) is 12.1. The predicted molar refractivity (Wildman–Crippen MR) is 55.6 cm³/mol. The van der Waals surface area contributed by atoms with Crippen LogP contribution < -0.4 is 0 Å². The van der Waals surface area contributed by atoms with Crippen molar-refractivity contribution in [1.29, 1.82) is 0 Å². The highest BCUT2D eigenvalue weighted by Gasteiger charge is 2.19. The van der Waals surface area contributed by atoms with E-state index in [1.165, 1.54) is 32.2 Å². The van der Waals surface area contributed by atoms with Gasteiger partial charge in [0.25, 0.3) is 0 Å². The molecule has 1 unspecified atom stereocenters. The summed E-state index contributed by atoms with van der Waals surface area (Å²) in [6.07, 6.45) is 6.46. The Morgan fingerprint density at radius 3 is 3.00 bits per heavy atom. The summed E-state index contributed by atoms with van der Waals surface area (Å²) in [5, 5.41) is 0. The molecule has 0 radical (unpaired) electrons. The van der Waals surface area contributed by atoms with Gasteiger partial charge in [0.05, 0.1) is 0 Å². The van der Waals surface area contributed by atoms with Crippen molar-refractivity contribution in [2.24, 2.45) is 0 Å². The first-order chi connectivity index (χ1) is 6.38. The maximum atomic E-state index is 6.72. The average molecular weight is 180 g/mol. The van der Waals surface area contributed by atoms with E-state index >= 15 is 0 Å². The summed E-state index contributed by atoms with van der Waals surface area (Å²) in [7, 11) is 0. The van der Waals surface area contributed by atoms with Crippen LogP contribution in [-0.2, 0) is 0 Å². The van der Waals surface area contributed by atoms with Gasteiger partial charge >= 0.3 is 0 Å². The Labute approximate surface area is 81.7 Å². The maximum Gasteiger partial charge on any atom is 0.215 e. The number of piperidine rings is 1. The Bertz CT molecular complexity index is 171. The third-order valence-corrected chi connectivity index (χ3v) is 2.94. The Balaban J connectivity index is 2.24. The van der Waals surface area contributed by atoms with Crippen LogP contribution >= 0.6 is 0 Å². The van der Waals surface area contributed by atoms with Crippen molar-refractivity contribution in [3.63, 3.8) is 0 Å². The lowest BCUT2D eigenvalue weighted by atomic mass is 10.00. The standard InChI is InChI=1S/C11H20N2/c1-3-11-7-4-5-9-13(11)10-6-8-12-2/h11H,3-10H2,1H3. The molecule has 1 fully saturated rings. The second-order valence-corrected chi connectivity index (χ2v) is 3.83. The Morgan fingerprint density at radius 1 is 1.46 bits per heavy atom. The van der Waals surface area contributed by atoms with Gasteiger partial charge in [-0.05, 0) is 25.8 Å². The Morgan fingerprint density at radius 2 is 2.31 bits per heavy atom. The molecule has 2 heteroatoms. The van der Waals surface area contributed by atoms with Crippen LogP contribution in [0.1, 0.15) is 39.0 Å². The number of rotatable bonds is 4. The predicted octanol–water partition coefficient (Wildman–Crippen LogP) is 2.56. The zero-order valence-electron chi connectivity index (χ0n) is 8.63. The molecule has 1 saturated heterocycles. The van der Waals surface area contributed by atoms with Crippen LogP contribution in [0.4, 0.5) is 0 Å². The fraction of sp³-hybridized carbons (Fsp3) is 0.909. The summed E-state index contributed by atoms with van der Waals surface area (Å²) >= 11 is 0. The van der Waals surface area contributed by atoms with Gasteiger partial charge in [0.15, 0.2) is 0 Å². The van der Waals surface area contributed by atoms with Crippen LogP contribution in [0.3, 0.4) is 0 Å². The van der Waals surface area contributed by atoms with Crippen molar-refractivity contribution in [2.75, 3.05) is 19.6 Å². The molecule has 1 heterocycles. The van der Waals surface area contributed by atoms with Gasteiger partial charge < -0.3 is 9.74 Å². The zero-order chi connectivity index (χ0) is 9.52. The quantitative estimate of drug-likeness (QED) is 0.476. The lowest BCUT2D eigenvalue weighted by Crippen LogP contribution is -2.39. The van der Waals surface area contributed by atoms with Crippen LogP contribution in [0.2, 0.25) is 0 Å².